The second-order valence-electron chi connectivity index (χ2n) is 7.50. The number of nitrogens with zero attached hydrogens (tertiary/aromatic N) is 2. The monoisotopic (exact) mass is 428 g/mol. The van der Waals surface area contributed by atoms with Crippen LogP contribution in [0.15, 0.2) is 48.7 Å². The molecule has 0 bridgehead atoms. The van der Waals surface area contributed by atoms with E-state index in [0.717, 1.165) is 11.9 Å². The summed E-state index contributed by atoms with van der Waals surface area (Å²) in [6, 6.07) is 8.42. The van der Waals surface area contributed by atoms with Crippen LogP contribution in [0.5, 0.6) is 5.75 Å². The summed E-state index contributed by atoms with van der Waals surface area (Å²) >= 11 is 0. The van der Waals surface area contributed by atoms with Crippen molar-refractivity contribution in [2.24, 2.45) is 0 Å². The Morgan fingerprint density at radius 1 is 1.26 bits per heavy atom. The van der Waals surface area contributed by atoms with E-state index < -0.39 is 23.7 Å². The molecule has 3 aromatic rings. The van der Waals surface area contributed by atoms with Crippen molar-refractivity contribution in [1.82, 2.24) is 20.2 Å². The number of benzene rings is 2. The molecule has 7 nitrogen and oxygen atoms in total. The Kier molecular flexibility index (Phi) is 5.85. The van der Waals surface area contributed by atoms with Crippen molar-refractivity contribution in [2.75, 3.05) is 6.61 Å². The number of aromatic nitrogens is 2. The molecule has 1 aromatic heterocycles. The summed E-state index contributed by atoms with van der Waals surface area (Å²) in [5, 5.41) is 24.8. The summed E-state index contributed by atoms with van der Waals surface area (Å²) < 4.78 is 29.1. The zero-order valence-corrected chi connectivity index (χ0v) is 16.6. The van der Waals surface area contributed by atoms with Crippen molar-refractivity contribution in [2.45, 2.75) is 31.5 Å². The smallest absolute Gasteiger partial charge is 0.315 e. The maximum Gasteiger partial charge on any atom is 0.315 e. The number of phenolic OH excluding ortho intramolecular Hbond substituents is 1. The van der Waals surface area contributed by atoms with Crippen LogP contribution in [0.25, 0.3) is 11.3 Å². The minimum atomic E-state index is -0.675. The van der Waals surface area contributed by atoms with E-state index in [0.29, 0.717) is 30.6 Å². The summed E-state index contributed by atoms with van der Waals surface area (Å²) in [7, 11) is 0. The molecule has 4 N–H and O–H groups in total. The number of halogens is 2. The molecule has 4 rings (SSSR count). The van der Waals surface area contributed by atoms with Crippen molar-refractivity contribution < 1.29 is 23.8 Å². The molecule has 0 saturated heterocycles. The molecule has 0 saturated carbocycles. The molecule has 2 unspecified atom stereocenters. The van der Waals surface area contributed by atoms with Gasteiger partial charge in [-0.3, -0.25) is 0 Å². The average Bonchev–Trinajstić information content (AvgIpc) is 3.15. The highest BCUT2D eigenvalue weighted by molar-refractivity contribution is 5.75. The van der Waals surface area contributed by atoms with Gasteiger partial charge in [0.25, 0.3) is 0 Å². The van der Waals surface area contributed by atoms with Gasteiger partial charge in [0.05, 0.1) is 18.3 Å². The molecule has 9 heteroatoms. The number of aliphatic hydroxyl groups is 1. The van der Waals surface area contributed by atoms with Crippen LogP contribution in [-0.2, 0) is 13.0 Å². The Hall–Kier alpha value is -3.46. The van der Waals surface area contributed by atoms with Gasteiger partial charge in [0.2, 0.25) is 0 Å². The van der Waals surface area contributed by atoms with Gasteiger partial charge in [0.15, 0.2) is 0 Å². The summed E-state index contributed by atoms with van der Waals surface area (Å²) in [5.74, 6) is -0.504. The van der Waals surface area contributed by atoms with Gasteiger partial charge in [-0.05, 0) is 36.2 Å². The number of nitrogens with one attached hydrogen (secondary N) is 2. The SMILES string of the molecule is O=C(NC1CCc2nc(-c3ccc(F)cc3F)cn2C1)NC(CO)c1cccc(O)c1. The zero-order valence-electron chi connectivity index (χ0n) is 16.6. The van der Waals surface area contributed by atoms with E-state index in [1.54, 1.807) is 18.3 Å². The van der Waals surface area contributed by atoms with Gasteiger partial charge < -0.3 is 25.4 Å². The molecule has 0 radical (unpaired) electrons. The Bertz CT molecular complexity index is 1100. The highest BCUT2D eigenvalue weighted by Crippen LogP contribution is 2.25. The Balaban J connectivity index is 1.41. The fourth-order valence-electron chi connectivity index (χ4n) is 3.75. The zero-order chi connectivity index (χ0) is 22.0. The largest absolute Gasteiger partial charge is 0.508 e. The number of carbonyl (C=O) groups excluding carboxylic acids is 1. The topological polar surface area (TPSA) is 99.4 Å². The van der Waals surface area contributed by atoms with Gasteiger partial charge in [0, 0.05) is 36.8 Å². The fraction of sp³-hybridized carbons (Fsp3) is 0.273. The average molecular weight is 428 g/mol. The lowest BCUT2D eigenvalue weighted by Crippen LogP contribution is -2.47. The number of hydrogen-bond acceptors (Lipinski definition) is 4. The molecule has 0 aliphatic carbocycles. The molecule has 2 aromatic carbocycles. The molecule has 162 valence electrons. The summed E-state index contributed by atoms with van der Waals surface area (Å²) in [6.07, 6.45) is 2.93. The van der Waals surface area contributed by atoms with Crippen LogP contribution in [0, 0.1) is 11.6 Å². The van der Waals surface area contributed by atoms with Gasteiger partial charge in [-0.15, -0.1) is 0 Å². The number of carbonyl (C=O) groups is 1. The van der Waals surface area contributed by atoms with Crippen LogP contribution in [0.1, 0.15) is 23.9 Å². The van der Waals surface area contributed by atoms with Gasteiger partial charge in [-0.2, -0.15) is 0 Å². The number of aliphatic hydroxyl groups excluding tert-OH is 1. The van der Waals surface area contributed by atoms with Gasteiger partial charge >= 0.3 is 6.03 Å². The molecular weight excluding hydrogens is 406 g/mol. The van der Waals surface area contributed by atoms with Crippen molar-refractivity contribution in [3.63, 3.8) is 0 Å². The molecule has 1 aliphatic rings. The van der Waals surface area contributed by atoms with E-state index in [1.165, 1.54) is 24.3 Å². The molecule has 0 fully saturated rings. The second kappa shape index (κ2) is 8.73. The van der Waals surface area contributed by atoms with Crippen molar-refractivity contribution in [3.8, 4) is 17.0 Å². The van der Waals surface area contributed by atoms with E-state index in [4.69, 9.17) is 0 Å². The quantitative estimate of drug-likeness (QED) is 0.502. The van der Waals surface area contributed by atoms with E-state index in [1.807, 2.05) is 4.57 Å². The fourth-order valence-corrected chi connectivity index (χ4v) is 3.75. The predicted molar refractivity (Wildman–Crippen MR) is 109 cm³/mol. The molecule has 2 heterocycles. The van der Waals surface area contributed by atoms with Gasteiger partial charge in [-0.1, -0.05) is 12.1 Å². The standard InChI is InChI=1S/C22H22F2N4O3/c23-14-4-6-17(18(24)9-14)19-11-28-10-15(5-7-21(28)26-19)25-22(31)27-20(12-29)13-2-1-3-16(30)8-13/h1-4,6,8-9,11,15,20,29-30H,5,7,10,12H2,(H2,25,27,31). The summed E-state index contributed by atoms with van der Waals surface area (Å²) in [6.45, 7) is 0.133. The van der Waals surface area contributed by atoms with Crippen molar-refractivity contribution in [3.05, 3.63) is 71.7 Å². The van der Waals surface area contributed by atoms with E-state index >= 15 is 0 Å². The summed E-state index contributed by atoms with van der Waals surface area (Å²) in [4.78, 5) is 16.9. The minimum absolute atomic E-state index is 0.0477. The van der Waals surface area contributed by atoms with Crippen LogP contribution in [-0.4, -0.2) is 38.4 Å². The number of rotatable bonds is 5. The number of aryl methyl sites for hydroxylation is 1. The Morgan fingerprint density at radius 2 is 2.10 bits per heavy atom. The maximum absolute atomic E-state index is 14.1. The van der Waals surface area contributed by atoms with Crippen LogP contribution < -0.4 is 10.6 Å². The molecule has 31 heavy (non-hydrogen) atoms. The molecule has 0 spiro atoms. The lowest BCUT2D eigenvalue weighted by Gasteiger charge is -2.26. The van der Waals surface area contributed by atoms with Crippen molar-refractivity contribution >= 4 is 6.03 Å². The van der Waals surface area contributed by atoms with Crippen LogP contribution in [0.4, 0.5) is 13.6 Å². The number of imidazole rings is 1. The van der Waals surface area contributed by atoms with Crippen molar-refractivity contribution in [1.29, 1.82) is 0 Å². The molecule has 2 atom stereocenters. The molecule has 2 amide bonds. The predicted octanol–water partition coefficient (Wildman–Crippen LogP) is 2.88. The number of aromatic hydroxyl groups is 1. The summed E-state index contributed by atoms with van der Waals surface area (Å²) in [5.41, 5.74) is 1.23. The lowest BCUT2D eigenvalue weighted by molar-refractivity contribution is 0.211. The minimum Gasteiger partial charge on any atom is -0.508 e. The Morgan fingerprint density at radius 3 is 2.84 bits per heavy atom. The second-order valence-corrected chi connectivity index (χ2v) is 7.50. The van der Waals surface area contributed by atoms with Gasteiger partial charge in [0.1, 0.15) is 23.2 Å². The molecule has 1 aliphatic heterocycles. The number of amides is 2. The number of fused-ring (bicyclic) bond motifs is 1. The van der Waals surface area contributed by atoms with E-state index in [-0.39, 0.29) is 24.0 Å². The third-order valence-corrected chi connectivity index (χ3v) is 5.30. The highest BCUT2D eigenvalue weighted by atomic mass is 19.1. The number of urea groups is 1. The third kappa shape index (κ3) is 4.66. The highest BCUT2D eigenvalue weighted by Gasteiger charge is 2.24. The van der Waals surface area contributed by atoms with E-state index in [9.17, 15) is 23.8 Å². The van der Waals surface area contributed by atoms with Gasteiger partial charge in [-0.25, -0.2) is 18.6 Å². The number of phenols is 1. The first-order chi connectivity index (χ1) is 14.9. The first kappa shape index (κ1) is 20.8. The maximum atomic E-state index is 14.1. The normalized spacial score (nSPS) is 16.4. The van der Waals surface area contributed by atoms with E-state index in [2.05, 4.69) is 15.6 Å². The third-order valence-electron chi connectivity index (χ3n) is 5.30. The number of hydrogen-bond donors (Lipinski definition) is 4. The van der Waals surface area contributed by atoms with Crippen LogP contribution >= 0.6 is 0 Å². The Labute approximate surface area is 177 Å². The molecular formula is C22H22F2N4O3. The van der Waals surface area contributed by atoms with Crippen LogP contribution in [0.2, 0.25) is 0 Å². The first-order valence-corrected chi connectivity index (χ1v) is 9.91. The first-order valence-electron chi connectivity index (χ1n) is 9.91. The van der Waals surface area contributed by atoms with Crippen LogP contribution in [0.3, 0.4) is 0 Å². The lowest BCUT2D eigenvalue weighted by atomic mass is 10.1.